The number of hydrogen-bond donors (Lipinski definition) is 2. The summed E-state index contributed by atoms with van der Waals surface area (Å²) in [6.07, 6.45) is 0. The van der Waals surface area contributed by atoms with E-state index in [0.29, 0.717) is 5.56 Å². The summed E-state index contributed by atoms with van der Waals surface area (Å²) < 4.78 is 31.3. The van der Waals surface area contributed by atoms with Gasteiger partial charge in [0.25, 0.3) is 21.6 Å². The van der Waals surface area contributed by atoms with E-state index in [1.807, 2.05) is 0 Å². The average Bonchev–Trinajstić information content (AvgIpc) is 2.97. The van der Waals surface area contributed by atoms with Crippen LogP contribution in [0.25, 0.3) is 0 Å². The van der Waals surface area contributed by atoms with Crippen LogP contribution in [-0.4, -0.2) is 43.7 Å². The van der Waals surface area contributed by atoms with Gasteiger partial charge in [-0.15, -0.1) is 0 Å². The summed E-state index contributed by atoms with van der Waals surface area (Å²) in [5, 5.41) is 13.2. The molecule has 2 aromatic carbocycles. The molecule has 0 aliphatic carbocycles. The van der Waals surface area contributed by atoms with Gasteiger partial charge in [0.05, 0.1) is 20.5 Å². The molecule has 0 bridgehead atoms. The number of nitrogens with zero attached hydrogens (tertiary/aromatic N) is 2. The van der Waals surface area contributed by atoms with Crippen LogP contribution in [0.5, 0.6) is 0 Å². The molecule has 31 heavy (non-hydrogen) atoms. The Hall–Kier alpha value is -3.51. The summed E-state index contributed by atoms with van der Waals surface area (Å²) in [6, 6.07) is 8.52. The number of rotatable bonds is 6. The van der Waals surface area contributed by atoms with Crippen molar-refractivity contribution in [3.8, 4) is 0 Å². The highest BCUT2D eigenvalue weighted by atomic mass is 35.5. The highest BCUT2D eigenvalue weighted by Gasteiger charge is 2.31. The van der Waals surface area contributed by atoms with Gasteiger partial charge in [-0.2, -0.15) is 0 Å². The number of fused-ring (bicyclic) bond motifs is 1. The Morgan fingerprint density at radius 1 is 1.29 bits per heavy atom. The van der Waals surface area contributed by atoms with Crippen LogP contribution < -0.4 is 10.0 Å². The van der Waals surface area contributed by atoms with Crippen molar-refractivity contribution in [2.75, 3.05) is 11.9 Å². The van der Waals surface area contributed by atoms with E-state index in [-0.39, 0.29) is 27.1 Å². The summed E-state index contributed by atoms with van der Waals surface area (Å²) in [5.41, 5.74) is 0.0304. The van der Waals surface area contributed by atoms with Gasteiger partial charge in [-0.3, -0.25) is 24.6 Å². The van der Waals surface area contributed by atoms with Crippen molar-refractivity contribution in [2.45, 2.75) is 17.9 Å². The second-order valence-corrected chi connectivity index (χ2v) is 8.39. The van der Waals surface area contributed by atoms with Crippen molar-refractivity contribution in [2.24, 2.45) is 4.99 Å². The lowest BCUT2D eigenvalue weighted by molar-refractivity contribution is -0.384. The third kappa shape index (κ3) is 4.98. The first-order valence-corrected chi connectivity index (χ1v) is 10.5. The summed E-state index contributed by atoms with van der Waals surface area (Å²) in [4.78, 5) is 38.5. The van der Waals surface area contributed by atoms with Crippen LogP contribution in [0.2, 0.25) is 5.02 Å². The van der Waals surface area contributed by atoms with Gasteiger partial charge >= 0.3 is 5.97 Å². The number of benzene rings is 2. The van der Waals surface area contributed by atoms with E-state index in [1.165, 1.54) is 25.1 Å². The minimum absolute atomic E-state index is 0.00659. The van der Waals surface area contributed by atoms with Crippen LogP contribution >= 0.6 is 11.6 Å². The fourth-order valence-electron chi connectivity index (χ4n) is 2.64. The molecular formula is C18H15ClN4O7S. The number of amides is 1. The third-order valence-corrected chi connectivity index (χ3v) is 5.83. The smallest absolute Gasteiger partial charge is 0.331 e. The first-order chi connectivity index (χ1) is 14.6. The Kier molecular flexibility index (Phi) is 6.22. The van der Waals surface area contributed by atoms with E-state index < -0.39 is 39.5 Å². The van der Waals surface area contributed by atoms with Gasteiger partial charge < -0.3 is 10.1 Å². The SMILES string of the molecule is C[C@H](N=C1NS(=O)(=O)c2ccccc21)C(=O)OCC(=O)Nc1cc([N+](=O)[O-])ccc1Cl. The number of sulfonamides is 1. The van der Waals surface area contributed by atoms with Crippen LogP contribution in [0.3, 0.4) is 0 Å². The normalized spacial score (nSPS) is 16.1. The zero-order valence-electron chi connectivity index (χ0n) is 15.9. The van der Waals surface area contributed by atoms with Crippen molar-refractivity contribution in [1.82, 2.24) is 4.72 Å². The van der Waals surface area contributed by atoms with Gasteiger partial charge in [-0.1, -0.05) is 23.7 Å². The molecule has 2 aromatic rings. The zero-order chi connectivity index (χ0) is 22.8. The molecule has 11 nitrogen and oxygen atoms in total. The van der Waals surface area contributed by atoms with E-state index in [4.69, 9.17) is 16.3 Å². The standard InChI is InChI=1S/C18H15ClN4O7S/c1-10(20-17-12-4-2-3-5-15(12)31(28,29)22-17)18(25)30-9-16(24)21-14-8-11(23(26)27)6-7-13(14)19/h2-8,10H,9H2,1H3,(H,20,22)(H,21,24)/t10-/m0/s1. The predicted molar refractivity (Wildman–Crippen MR) is 110 cm³/mol. The zero-order valence-corrected chi connectivity index (χ0v) is 17.4. The second kappa shape index (κ2) is 8.70. The van der Waals surface area contributed by atoms with Gasteiger partial charge in [0.1, 0.15) is 11.9 Å². The Labute approximate surface area is 181 Å². The van der Waals surface area contributed by atoms with Crippen LogP contribution in [-0.2, 0) is 24.3 Å². The van der Waals surface area contributed by atoms with Crippen LogP contribution in [0.4, 0.5) is 11.4 Å². The molecule has 1 amide bonds. The summed E-state index contributed by atoms with van der Waals surface area (Å²) in [5.74, 6) is -1.66. The Bertz CT molecular complexity index is 1210. The molecular weight excluding hydrogens is 452 g/mol. The first-order valence-electron chi connectivity index (χ1n) is 8.69. The number of anilines is 1. The molecule has 0 aromatic heterocycles. The monoisotopic (exact) mass is 466 g/mol. The maximum Gasteiger partial charge on any atom is 0.331 e. The molecule has 0 unspecified atom stereocenters. The highest BCUT2D eigenvalue weighted by Crippen LogP contribution is 2.26. The van der Waals surface area contributed by atoms with Gasteiger partial charge in [0.15, 0.2) is 6.61 Å². The molecule has 1 aliphatic heterocycles. The van der Waals surface area contributed by atoms with Crippen molar-refractivity contribution < 1.29 is 27.7 Å². The Morgan fingerprint density at radius 2 is 2.00 bits per heavy atom. The quantitative estimate of drug-likeness (QED) is 0.373. The molecule has 0 saturated heterocycles. The number of non-ortho nitro benzene ring substituents is 1. The Balaban J connectivity index is 1.63. The maximum absolute atomic E-state index is 12.2. The molecule has 1 atom stereocenters. The highest BCUT2D eigenvalue weighted by molar-refractivity contribution is 7.90. The number of ether oxygens (including phenoxy) is 1. The molecule has 0 saturated carbocycles. The lowest BCUT2D eigenvalue weighted by atomic mass is 10.2. The minimum Gasteiger partial charge on any atom is -0.454 e. The fraction of sp³-hybridized carbons (Fsp3) is 0.167. The molecule has 2 N–H and O–H groups in total. The van der Waals surface area contributed by atoms with Crippen molar-refractivity contribution in [1.29, 1.82) is 0 Å². The number of hydrogen-bond acceptors (Lipinski definition) is 8. The number of carbonyl (C=O) groups excluding carboxylic acids is 2. The number of nitrogens with one attached hydrogen (secondary N) is 2. The number of esters is 1. The average molecular weight is 467 g/mol. The predicted octanol–water partition coefficient (Wildman–Crippen LogP) is 1.86. The topological polar surface area (TPSA) is 157 Å². The minimum atomic E-state index is -3.76. The van der Waals surface area contributed by atoms with E-state index in [2.05, 4.69) is 15.0 Å². The Morgan fingerprint density at radius 3 is 2.71 bits per heavy atom. The number of halogens is 1. The van der Waals surface area contributed by atoms with Gasteiger partial charge in [-0.25, -0.2) is 13.2 Å². The maximum atomic E-state index is 12.2. The number of amidine groups is 1. The van der Waals surface area contributed by atoms with Crippen LogP contribution in [0.15, 0.2) is 52.4 Å². The number of carbonyl (C=O) groups is 2. The molecule has 0 radical (unpaired) electrons. The van der Waals surface area contributed by atoms with Gasteiger partial charge in [-0.05, 0) is 25.1 Å². The molecule has 1 heterocycles. The third-order valence-electron chi connectivity index (χ3n) is 4.11. The summed E-state index contributed by atoms with van der Waals surface area (Å²) in [7, 11) is -3.76. The van der Waals surface area contributed by atoms with Crippen LogP contribution in [0.1, 0.15) is 12.5 Å². The molecule has 0 fully saturated rings. The molecule has 3 rings (SSSR count). The van der Waals surface area contributed by atoms with E-state index in [1.54, 1.807) is 18.2 Å². The van der Waals surface area contributed by atoms with Crippen molar-refractivity contribution in [3.05, 3.63) is 63.2 Å². The van der Waals surface area contributed by atoms with Gasteiger partial charge in [0.2, 0.25) is 0 Å². The summed E-state index contributed by atoms with van der Waals surface area (Å²) >= 11 is 5.90. The van der Waals surface area contributed by atoms with E-state index in [0.717, 1.165) is 6.07 Å². The van der Waals surface area contributed by atoms with Gasteiger partial charge in [0, 0.05) is 17.7 Å². The van der Waals surface area contributed by atoms with Crippen molar-refractivity contribution >= 4 is 50.7 Å². The molecule has 162 valence electrons. The summed E-state index contributed by atoms with van der Waals surface area (Å²) in [6.45, 7) is 0.676. The van der Waals surface area contributed by atoms with E-state index in [9.17, 15) is 28.1 Å². The lowest BCUT2D eigenvalue weighted by Gasteiger charge is -2.10. The van der Waals surface area contributed by atoms with E-state index >= 15 is 0 Å². The number of nitro benzene ring substituents is 1. The lowest BCUT2D eigenvalue weighted by Crippen LogP contribution is -2.28. The molecule has 1 aliphatic rings. The molecule has 0 spiro atoms. The number of aliphatic imine (C=N–C) groups is 1. The fourth-order valence-corrected chi connectivity index (χ4v) is 4.05. The first kappa shape index (κ1) is 22.2. The molecule has 13 heteroatoms. The second-order valence-electron chi connectivity index (χ2n) is 6.33. The number of nitro groups is 1. The largest absolute Gasteiger partial charge is 0.454 e. The van der Waals surface area contributed by atoms with Crippen LogP contribution in [0, 0.1) is 10.1 Å². The van der Waals surface area contributed by atoms with Crippen molar-refractivity contribution in [3.63, 3.8) is 0 Å².